The van der Waals surface area contributed by atoms with E-state index in [0.717, 1.165) is 0 Å². The van der Waals surface area contributed by atoms with Crippen molar-refractivity contribution >= 4 is 19.7 Å². The van der Waals surface area contributed by atoms with Crippen molar-refractivity contribution in [3.05, 3.63) is 0 Å². The van der Waals surface area contributed by atoms with Gasteiger partial charge in [-0.15, -0.1) is 0 Å². The Morgan fingerprint density at radius 1 is 1.08 bits per heavy atom. The summed E-state index contributed by atoms with van der Waals surface area (Å²) in [6, 6.07) is 0. The average molecular weight is 226 g/mol. The van der Waals surface area contributed by atoms with Crippen LogP contribution in [0.25, 0.3) is 0 Å². The molecule has 0 amide bonds. The third kappa shape index (κ3) is 1.40. The van der Waals surface area contributed by atoms with Crippen molar-refractivity contribution in [3.8, 4) is 0 Å². The van der Waals surface area contributed by atoms with E-state index in [1.54, 1.807) is 6.92 Å². The van der Waals surface area contributed by atoms with Crippen LogP contribution in [0.1, 0.15) is 26.7 Å². The third-order valence-corrected chi connectivity index (χ3v) is 9.17. The van der Waals surface area contributed by atoms with E-state index in [1.807, 2.05) is 0 Å². The molecule has 1 fully saturated rings. The van der Waals surface area contributed by atoms with Crippen molar-refractivity contribution in [2.45, 2.75) is 30.8 Å². The molecule has 1 aliphatic heterocycles. The molecule has 0 aromatic carbocycles. The Balaban J connectivity index is 3.39. The summed E-state index contributed by atoms with van der Waals surface area (Å²) in [4.78, 5) is 0. The summed E-state index contributed by atoms with van der Waals surface area (Å²) in [5.41, 5.74) is 0. The Hall–Kier alpha value is -0.100. The van der Waals surface area contributed by atoms with Crippen molar-refractivity contribution in [1.82, 2.24) is 0 Å². The quantitative estimate of drug-likeness (QED) is 0.647. The van der Waals surface area contributed by atoms with E-state index in [9.17, 15) is 16.8 Å². The fraction of sp³-hybridized carbons (Fsp3) is 1.00. The van der Waals surface area contributed by atoms with E-state index in [4.69, 9.17) is 0 Å². The SMILES string of the molecule is CCC1(C)S(=O)(=O)CCCS1(=O)=O. The van der Waals surface area contributed by atoms with Crippen molar-refractivity contribution in [2.24, 2.45) is 0 Å². The van der Waals surface area contributed by atoms with E-state index >= 15 is 0 Å². The van der Waals surface area contributed by atoms with Crippen LogP contribution in [-0.2, 0) is 19.7 Å². The summed E-state index contributed by atoms with van der Waals surface area (Å²) in [6.07, 6.45) is 0.373. The molecule has 0 aliphatic carbocycles. The summed E-state index contributed by atoms with van der Waals surface area (Å²) in [7, 11) is -6.94. The van der Waals surface area contributed by atoms with Crippen molar-refractivity contribution in [1.29, 1.82) is 0 Å². The molecule has 0 spiro atoms. The minimum absolute atomic E-state index is 0.00340. The van der Waals surface area contributed by atoms with Gasteiger partial charge in [-0.2, -0.15) is 0 Å². The Labute approximate surface area is 79.2 Å². The van der Waals surface area contributed by atoms with E-state index in [0.29, 0.717) is 0 Å². The maximum atomic E-state index is 11.6. The summed E-state index contributed by atoms with van der Waals surface area (Å²) >= 11 is 0. The summed E-state index contributed by atoms with van der Waals surface area (Å²) in [5.74, 6) is -0.00681. The fourth-order valence-corrected chi connectivity index (χ4v) is 6.53. The third-order valence-electron chi connectivity index (χ3n) is 2.78. The normalized spacial score (nSPS) is 29.7. The monoisotopic (exact) mass is 226 g/mol. The van der Waals surface area contributed by atoms with Crippen LogP contribution in [0, 0.1) is 0 Å². The zero-order chi connectivity index (χ0) is 10.3. The zero-order valence-corrected chi connectivity index (χ0v) is 9.41. The first-order chi connectivity index (χ1) is 5.77. The van der Waals surface area contributed by atoms with Crippen molar-refractivity contribution < 1.29 is 16.8 Å². The second-order valence-electron chi connectivity index (χ2n) is 3.48. The van der Waals surface area contributed by atoms with Crippen molar-refractivity contribution in [3.63, 3.8) is 0 Å². The van der Waals surface area contributed by atoms with Crippen LogP contribution >= 0.6 is 0 Å². The van der Waals surface area contributed by atoms with Crippen LogP contribution in [-0.4, -0.2) is 32.4 Å². The van der Waals surface area contributed by atoms with Crippen LogP contribution in [0.4, 0.5) is 0 Å². The first-order valence-corrected chi connectivity index (χ1v) is 7.52. The second kappa shape index (κ2) is 2.95. The van der Waals surface area contributed by atoms with Gasteiger partial charge in [-0.05, 0) is 19.8 Å². The summed E-state index contributed by atoms with van der Waals surface area (Å²) in [6.45, 7) is 2.91. The van der Waals surface area contributed by atoms with Crippen LogP contribution in [0.3, 0.4) is 0 Å². The van der Waals surface area contributed by atoms with Crippen LogP contribution < -0.4 is 0 Å². The molecule has 4 nitrogen and oxygen atoms in total. The standard InChI is InChI=1S/C7H14O4S2/c1-3-7(2)12(8,9)5-4-6-13(7,10)11/h3-6H2,1-2H3. The van der Waals surface area contributed by atoms with Gasteiger partial charge < -0.3 is 0 Å². The van der Waals surface area contributed by atoms with Gasteiger partial charge in [0.15, 0.2) is 23.8 Å². The molecule has 0 atom stereocenters. The predicted molar refractivity (Wildman–Crippen MR) is 50.9 cm³/mol. The molecule has 13 heavy (non-hydrogen) atoms. The lowest BCUT2D eigenvalue weighted by molar-refractivity contribution is 0.532. The minimum Gasteiger partial charge on any atom is -0.227 e. The lowest BCUT2D eigenvalue weighted by Gasteiger charge is -2.31. The topological polar surface area (TPSA) is 68.3 Å². The molecular formula is C7H14O4S2. The largest absolute Gasteiger partial charge is 0.227 e. The first-order valence-electron chi connectivity index (χ1n) is 4.21. The summed E-state index contributed by atoms with van der Waals surface area (Å²) in [5, 5.41) is 0. The maximum Gasteiger partial charge on any atom is 0.170 e. The number of rotatable bonds is 1. The number of hydrogen-bond donors (Lipinski definition) is 0. The van der Waals surface area contributed by atoms with Gasteiger partial charge in [-0.1, -0.05) is 6.92 Å². The first kappa shape index (κ1) is 11.0. The Kier molecular flexibility index (Phi) is 2.49. The smallest absolute Gasteiger partial charge is 0.170 e. The predicted octanol–water partition coefficient (Wildman–Crippen LogP) is 0.346. The highest BCUT2D eigenvalue weighted by Crippen LogP contribution is 2.34. The Morgan fingerprint density at radius 2 is 1.46 bits per heavy atom. The van der Waals surface area contributed by atoms with Gasteiger partial charge in [0, 0.05) is 0 Å². The molecule has 0 bridgehead atoms. The maximum absolute atomic E-state index is 11.6. The van der Waals surface area contributed by atoms with E-state index < -0.39 is 23.8 Å². The molecule has 6 heteroatoms. The molecule has 0 saturated carbocycles. The minimum atomic E-state index is -3.47. The molecule has 0 aromatic rings. The Morgan fingerprint density at radius 3 is 1.69 bits per heavy atom. The van der Waals surface area contributed by atoms with Gasteiger partial charge in [-0.3, -0.25) is 0 Å². The van der Waals surface area contributed by atoms with Gasteiger partial charge in [0.1, 0.15) is 0 Å². The molecule has 0 aromatic heterocycles. The molecule has 1 aliphatic rings. The van der Waals surface area contributed by atoms with Gasteiger partial charge >= 0.3 is 0 Å². The molecule has 0 N–H and O–H groups in total. The molecule has 0 radical (unpaired) electrons. The molecular weight excluding hydrogens is 212 g/mol. The zero-order valence-electron chi connectivity index (χ0n) is 7.78. The van der Waals surface area contributed by atoms with E-state index in [1.165, 1.54) is 6.92 Å². The number of sulfone groups is 2. The molecule has 0 unspecified atom stereocenters. The average Bonchev–Trinajstić information content (AvgIpc) is 1.99. The van der Waals surface area contributed by atoms with Gasteiger partial charge in [-0.25, -0.2) is 16.8 Å². The molecule has 1 heterocycles. The lowest BCUT2D eigenvalue weighted by atomic mass is 10.4. The highest BCUT2D eigenvalue weighted by molar-refractivity contribution is 8.10. The number of hydrogen-bond acceptors (Lipinski definition) is 4. The molecule has 1 saturated heterocycles. The van der Waals surface area contributed by atoms with E-state index in [-0.39, 0.29) is 24.3 Å². The van der Waals surface area contributed by atoms with Crippen LogP contribution in [0.2, 0.25) is 0 Å². The van der Waals surface area contributed by atoms with Crippen LogP contribution in [0.15, 0.2) is 0 Å². The molecule has 78 valence electrons. The fourth-order valence-electron chi connectivity index (χ4n) is 1.50. The van der Waals surface area contributed by atoms with Gasteiger partial charge in [0.25, 0.3) is 0 Å². The van der Waals surface area contributed by atoms with E-state index in [2.05, 4.69) is 0 Å². The Bertz CT molecular complexity index is 356. The lowest BCUT2D eigenvalue weighted by Crippen LogP contribution is -2.49. The summed E-state index contributed by atoms with van der Waals surface area (Å²) < 4.78 is 44.7. The van der Waals surface area contributed by atoms with Gasteiger partial charge in [0.2, 0.25) is 0 Å². The van der Waals surface area contributed by atoms with Gasteiger partial charge in [0.05, 0.1) is 11.5 Å². The molecule has 1 rings (SSSR count). The highest BCUT2D eigenvalue weighted by Gasteiger charge is 2.51. The second-order valence-corrected chi connectivity index (χ2v) is 8.81. The van der Waals surface area contributed by atoms with Crippen molar-refractivity contribution in [2.75, 3.05) is 11.5 Å². The van der Waals surface area contributed by atoms with Crippen LogP contribution in [0.5, 0.6) is 0 Å². The highest BCUT2D eigenvalue weighted by atomic mass is 32.3.